The molecule has 0 aromatic heterocycles. The lowest BCUT2D eigenvalue weighted by Crippen LogP contribution is -2.11. The Balaban J connectivity index is 2.10. The van der Waals surface area contributed by atoms with E-state index < -0.39 is 0 Å². The van der Waals surface area contributed by atoms with Crippen molar-refractivity contribution in [3.8, 4) is 23.3 Å². The maximum Gasteiger partial charge on any atom is 0.311 e. The topological polar surface area (TPSA) is 68.5 Å². The van der Waals surface area contributed by atoms with Crippen LogP contribution >= 0.6 is 15.9 Å². The molecule has 6 heteroatoms. The quantitative estimate of drug-likeness (QED) is 0.461. The number of aryl methyl sites for hydroxylation is 1. The third-order valence-electron chi connectivity index (χ3n) is 3.53. The number of hydrogen-bond acceptors (Lipinski definition) is 5. The van der Waals surface area contributed by atoms with Crippen molar-refractivity contribution < 1.29 is 19.0 Å². The molecule has 0 N–H and O–H groups in total. The van der Waals surface area contributed by atoms with Crippen LogP contribution in [0.1, 0.15) is 31.4 Å². The summed E-state index contributed by atoms with van der Waals surface area (Å²) in [7, 11) is 0. The first-order chi connectivity index (χ1) is 12.6. The second-order valence-corrected chi connectivity index (χ2v) is 6.20. The number of nitriles is 1. The number of hydrogen-bond donors (Lipinski definition) is 0. The Labute approximate surface area is 161 Å². The number of para-hydroxylation sites is 1. The van der Waals surface area contributed by atoms with Crippen LogP contribution < -0.4 is 14.2 Å². The van der Waals surface area contributed by atoms with Crippen molar-refractivity contribution in [1.29, 1.82) is 5.26 Å². The molecule has 0 unspecified atom stereocenters. The average molecular weight is 418 g/mol. The van der Waals surface area contributed by atoms with E-state index in [2.05, 4.69) is 15.9 Å². The van der Waals surface area contributed by atoms with Crippen LogP contribution in [0.5, 0.6) is 17.2 Å². The van der Waals surface area contributed by atoms with Gasteiger partial charge in [0.05, 0.1) is 35.7 Å². The van der Waals surface area contributed by atoms with Gasteiger partial charge >= 0.3 is 5.97 Å². The third-order valence-corrected chi connectivity index (χ3v) is 4.11. The van der Waals surface area contributed by atoms with Crippen molar-refractivity contribution in [3.05, 3.63) is 52.0 Å². The van der Waals surface area contributed by atoms with Gasteiger partial charge in [-0.25, -0.2) is 0 Å². The number of carbonyl (C=O) groups is 1. The van der Waals surface area contributed by atoms with Crippen LogP contribution in [-0.4, -0.2) is 19.2 Å². The highest BCUT2D eigenvalue weighted by Gasteiger charge is 2.16. The van der Waals surface area contributed by atoms with Crippen LogP contribution in [0.25, 0.3) is 0 Å². The highest BCUT2D eigenvalue weighted by Crippen LogP contribution is 2.37. The van der Waals surface area contributed by atoms with E-state index in [9.17, 15) is 4.79 Å². The predicted molar refractivity (Wildman–Crippen MR) is 102 cm³/mol. The zero-order valence-electron chi connectivity index (χ0n) is 14.8. The van der Waals surface area contributed by atoms with Gasteiger partial charge in [-0.15, -0.1) is 0 Å². The number of halogens is 1. The van der Waals surface area contributed by atoms with E-state index in [-0.39, 0.29) is 18.1 Å². The van der Waals surface area contributed by atoms with E-state index in [0.717, 1.165) is 11.3 Å². The van der Waals surface area contributed by atoms with E-state index in [1.807, 2.05) is 44.2 Å². The van der Waals surface area contributed by atoms with E-state index in [4.69, 9.17) is 19.5 Å². The monoisotopic (exact) mass is 417 g/mol. The molecule has 2 aromatic rings. The summed E-state index contributed by atoms with van der Waals surface area (Å²) in [6, 6.07) is 12.8. The maximum atomic E-state index is 12.3. The Morgan fingerprint density at radius 3 is 2.50 bits per heavy atom. The number of benzene rings is 2. The molecule has 26 heavy (non-hydrogen) atoms. The van der Waals surface area contributed by atoms with Gasteiger partial charge in [0.1, 0.15) is 5.75 Å². The Kier molecular flexibility index (Phi) is 7.49. The SMILES string of the molecule is CCOc1ccccc1CCC(=O)Oc1c(Br)cc(C#N)cc1OCC. The molecule has 0 atom stereocenters. The van der Waals surface area contributed by atoms with E-state index in [1.165, 1.54) is 0 Å². The minimum Gasteiger partial charge on any atom is -0.494 e. The molecule has 5 nitrogen and oxygen atoms in total. The Morgan fingerprint density at radius 1 is 1.12 bits per heavy atom. The van der Waals surface area contributed by atoms with Gasteiger partial charge in [0.15, 0.2) is 11.5 Å². The maximum absolute atomic E-state index is 12.3. The van der Waals surface area contributed by atoms with Crippen molar-refractivity contribution >= 4 is 21.9 Å². The molecular formula is C20H20BrNO4. The molecule has 136 valence electrons. The first kappa shape index (κ1) is 19.8. The zero-order chi connectivity index (χ0) is 18.9. The summed E-state index contributed by atoms with van der Waals surface area (Å²) >= 11 is 3.34. The fraction of sp³-hybridized carbons (Fsp3) is 0.300. The second-order valence-electron chi connectivity index (χ2n) is 5.34. The van der Waals surface area contributed by atoms with Crippen LogP contribution in [0.3, 0.4) is 0 Å². The summed E-state index contributed by atoms with van der Waals surface area (Å²) in [5.74, 6) is 1.04. The van der Waals surface area contributed by atoms with Gasteiger partial charge in [-0.2, -0.15) is 5.26 Å². The summed E-state index contributed by atoms with van der Waals surface area (Å²) in [5, 5.41) is 9.06. The molecule has 0 aliphatic carbocycles. The highest BCUT2D eigenvalue weighted by atomic mass is 79.9. The molecule has 0 amide bonds. The van der Waals surface area contributed by atoms with Crippen molar-refractivity contribution in [2.24, 2.45) is 0 Å². The standard InChI is InChI=1S/C20H20BrNO4/c1-3-24-17-8-6-5-7-15(17)9-10-19(23)26-20-16(21)11-14(13-22)12-18(20)25-4-2/h5-8,11-12H,3-4,9-10H2,1-2H3. The zero-order valence-corrected chi connectivity index (χ0v) is 16.3. The fourth-order valence-electron chi connectivity index (χ4n) is 2.40. The van der Waals surface area contributed by atoms with Crippen LogP contribution in [0.15, 0.2) is 40.9 Å². The van der Waals surface area contributed by atoms with Gasteiger partial charge in [-0.3, -0.25) is 4.79 Å². The van der Waals surface area contributed by atoms with Crippen LogP contribution in [0, 0.1) is 11.3 Å². The predicted octanol–water partition coefficient (Wildman–Crippen LogP) is 4.66. The van der Waals surface area contributed by atoms with Gasteiger partial charge in [0.2, 0.25) is 0 Å². The van der Waals surface area contributed by atoms with E-state index in [1.54, 1.807) is 12.1 Å². The summed E-state index contributed by atoms with van der Waals surface area (Å²) in [4.78, 5) is 12.3. The summed E-state index contributed by atoms with van der Waals surface area (Å²) in [6.07, 6.45) is 0.703. The highest BCUT2D eigenvalue weighted by molar-refractivity contribution is 9.10. The largest absolute Gasteiger partial charge is 0.494 e. The van der Waals surface area contributed by atoms with Crippen molar-refractivity contribution in [2.75, 3.05) is 13.2 Å². The molecule has 0 aliphatic heterocycles. The van der Waals surface area contributed by atoms with E-state index in [0.29, 0.717) is 35.4 Å². The van der Waals surface area contributed by atoms with Crippen LogP contribution in [-0.2, 0) is 11.2 Å². The molecular weight excluding hydrogens is 398 g/mol. The van der Waals surface area contributed by atoms with Crippen LogP contribution in [0.4, 0.5) is 0 Å². The number of carbonyl (C=O) groups excluding carboxylic acids is 1. The lowest BCUT2D eigenvalue weighted by molar-refractivity contribution is -0.134. The number of nitrogens with zero attached hydrogens (tertiary/aromatic N) is 1. The smallest absolute Gasteiger partial charge is 0.311 e. The molecule has 0 bridgehead atoms. The van der Waals surface area contributed by atoms with Gasteiger partial charge < -0.3 is 14.2 Å². The molecule has 0 radical (unpaired) electrons. The van der Waals surface area contributed by atoms with Gasteiger partial charge in [-0.05, 0) is 53.9 Å². The summed E-state index contributed by atoms with van der Waals surface area (Å²) in [6.45, 7) is 4.71. The fourth-order valence-corrected chi connectivity index (χ4v) is 2.93. The van der Waals surface area contributed by atoms with Gasteiger partial charge in [-0.1, -0.05) is 18.2 Å². The number of esters is 1. The molecule has 0 aliphatic rings. The Bertz CT molecular complexity index is 814. The molecule has 2 rings (SSSR count). The normalized spacial score (nSPS) is 10.1. The van der Waals surface area contributed by atoms with Crippen molar-refractivity contribution in [2.45, 2.75) is 26.7 Å². The van der Waals surface area contributed by atoms with Crippen LogP contribution in [0.2, 0.25) is 0 Å². The molecule has 0 saturated carbocycles. The molecule has 0 heterocycles. The molecule has 0 saturated heterocycles. The Hall–Kier alpha value is -2.52. The minimum atomic E-state index is -0.386. The van der Waals surface area contributed by atoms with Crippen molar-refractivity contribution in [1.82, 2.24) is 0 Å². The molecule has 0 spiro atoms. The lowest BCUT2D eigenvalue weighted by Gasteiger charge is -2.13. The number of rotatable bonds is 8. The minimum absolute atomic E-state index is 0.197. The first-order valence-electron chi connectivity index (χ1n) is 8.36. The second kappa shape index (κ2) is 9.83. The van der Waals surface area contributed by atoms with Gasteiger partial charge in [0, 0.05) is 6.07 Å². The summed E-state index contributed by atoms with van der Waals surface area (Å²) in [5.41, 5.74) is 1.38. The van der Waals surface area contributed by atoms with Crippen molar-refractivity contribution in [3.63, 3.8) is 0 Å². The number of ether oxygens (including phenoxy) is 3. The summed E-state index contributed by atoms with van der Waals surface area (Å²) < 4.78 is 17.1. The van der Waals surface area contributed by atoms with Gasteiger partial charge in [0.25, 0.3) is 0 Å². The average Bonchev–Trinajstić information content (AvgIpc) is 2.64. The molecule has 0 fully saturated rings. The molecule has 2 aromatic carbocycles. The van der Waals surface area contributed by atoms with E-state index >= 15 is 0 Å². The third kappa shape index (κ3) is 5.24. The first-order valence-corrected chi connectivity index (χ1v) is 9.16. The lowest BCUT2D eigenvalue weighted by atomic mass is 10.1. The Morgan fingerprint density at radius 2 is 1.81 bits per heavy atom.